The molecular weight excluding hydrogens is 961 g/mol. The molecule has 0 bridgehead atoms. The van der Waals surface area contributed by atoms with Gasteiger partial charge in [-0.25, -0.2) is 14.4 Å². The molecule has 0 aromatic rings. The fraction of sp³-hybridized carbons (Fsp3) is 0.850. The van der Waals surface area contributed by atoms with Crippen LogP contribution in [-0.2, 0) is 14.4 Å². The van der Waals surface area contributed by atoms with Crippen molar-refractivity contribution in [3.05, 3.63) is 36.5 Å². The zero-order chi connectivity index (χ0) is 48.9. The van der Waals surface area contributed by atoms with Crippen molar-refractivity contribution in [2.75, 3.05) is 0 Å². The molecule has 0 aliphatic carbocycles. The molecule has 0 aliphatic rings. The summed E-state index contributed by atoms with van der Waals surface area (Å²) in [6.07, 6.45) is 73.5. The van der Waals surface area contributed by atoms with E-state index in [0.717, 1.165) is 38.5 Å². The first kappa shape index (κ1) is 72.5. The molecule has 0 saturated carbocycles. The number of hydrogen-bond donors (Lipinski definition) is 3. The number of carboxylic acid groups (broad SMARTS) is 3. The van der Waals surface area contributed by atoms with Crippen molar-refractivity contribution >= 4 is 17.9 Å². The number of carbonyl (C=O) groups is 3. The fourth-order valence-corrected chi connectivity index (χ4v) is 8.45. The van der Waals surface area contributed by atoms with Crippen LogP contribution in [0.4, 0.5) is 0 Å². The van der Waals surface area contributed by atoms with E-state index in [0.29, 0.717) is 0 Å². The van der Waals surface area contributed by atoms with Crippen LogP contribution < -0.4 is 0 Å². The third-order valence-corrected chi connectivity index (χ3v) is 12.7. The summed E-state index contributed by atoms with van der Waals surface area (Å²) in [4.78, 5) is 30.8. The minimum Gasteiger partial charge on any atom is -0.478 e. The third kappa shape index (κ3) is 82.2. The van der Waals surface area contributed by atoms with E-state index in [2.05, 4.69) is 20.8 Å². The van der Waals surface area contributed by atoms with Crippen molar-refractivity contribution in [1.29, 1.82) is 0 Å². The van der Waals surface area contributed by atoms with Gasteiger partial charge in [-0.3, -0.25) is 0 Å². The molecule has 394 valence electrons. The molecule has 67 heavy (non-hydrogen) atoms. The Hall–Kier alpha value is -1.02. The largest absolute Gasteiger partial charge is 0.478 e. The van der Waals surface area contributed by atoms with Gasteiger partial charge < -0.3 is 15.3 Å². The Balaban J connectivity index is -0.000000441. The van der Waals surface area contributed by atoms with Crippen LogP contribution in [0.2, 0.25) is 0 Å². The number of allylic oxidation sites excluding steroid dienone is 3. The van der Waals surface area contributed by atoms with E-state index in [1.165, 1.54) is 288 Å². The van der Waals surface area contributed by atoms with Gasteiger partial charge in [0.25, 0.3) is 0 Å². The molecule has 0 atom stereocenters. The van der Waals surface area contributed by atoms with Crippen LogP contribution >= 0.6 is 0 Å². The van der Waals surface area contributed by atoms with E-state index < -0.39 is 17.9 Å². The van der Waals surface area contributed by atoms with Gasteiger partial charge in [0.2, 0.25) is 0 Å². The Labute approximate surface area is 450 Å². The molecule has 0 unspecified atom stereocenters. The summed E-state index contributed by atoms with van der Waals surface area (Å²) in [6, 6.07) is 0. The normalized spacial score (nSPS) is 11.1. The number of rotatable bonds is 51. The summed E-state index contributed by atoms with van der Waals surface area (Å²) in [5.74, 6) is -2.50. The molecule has 0 spiro atoms. The maximum absolute atomic E-state index is 10.3. The van der Waals surface area contributed by atoms with Crippen molar-refractivity contribution in [3.63, 3.8) is 0 Å². The van der Waals surface area contributed by atoms with Gasteiger partial charge >= 0.3 is 17.9 Å². The van der Waals surface area contributed by atoms with Gasteiger partial charge in [-0.05, 0) is 38.5 Å². The molecule has 0 amide bonds. The van der Waals surface area contributed by atoms with Crippen molar-refractivity contribution < 1.29 is 70.5 Å². The van der Waals surface area contributed by atoms with Crippen LogP contribution in [0.3, 0.4) is 0 Å². The second-order valence-corrected chi connectivity index (χ2v) is 19.4. The molecule has 6 nitrogen and oxygen atoms in total. The van der Waals surface area contributed by atoms with Gasteiger partial charge in [0.05, 0.1) is 0 Å². The van der Waals surface area contributed by atoms with Crippen LogP contribution in [-0.4, -0.2) is 33.2 Å². The first-order valence-corrected chi connectivity index (χ1v) is 29.0. The molecule has 0 aromatic heterocycles. The molecule has 7 heteroatoms. The fourth-order valence-electron chi connectivity index (χ4n) is 8.45. The molecule has 0 fully saturated rings. The predicted octanol–water partition coefficient (Wildman–Crippen LogP) is 20.7. The van der Waals surface area contributed by atoms with Crippen LogP contribution in [0.15, 0.2) is 36.5 Å². The van der Waals surface area contributed by atoms with E-state index in [-0.39, 0.29) is 40.8 Å². The first-order valence-electron chi connectivity index (χ1n) is 29.0. The van der Waals surface area contributed by atoms with Crippen LogP contribution in [0.25, 0.3) is 0 Å². The summed E-state index contributed by atoms with van der Waals surface area (Å²) in [5, 5.41) is 25.4. The number of aliphatic carboxylic acids is 3. The van der Waals surface area contributed by atoms with Crippen molar-refractivity contribution in [1.82, 2.24) is 0 Å². The molecule has 0 saturated heterocycles. The van der Waals surface area contributed by atoms with Crippen LogP contribution in [0, 0.1) is 40.8 Å². The van der Waals surface area contributed by atoms with E-state index in [4.69, 9.17) is 15.3 Å². The molecule has 0 heterocycles. The zero-order valence-electron chi connectivity index (χ0n) is 45.0. The first-order chi connectivity index (χ1) is 32.3. The zero-order valence-corrected chi connectivity index (χ0v) is 48.2. The Kier molecular flexibility index (Phi) is 74.9. The average Bonchev–Trinajstić information content (AvgIpc) is 3.29. The number of hydrogen-bond acceptors (Lipinski definition) is 3. The summed E-state index contributed by atoms with van der Waals surface area (Å²) >= 11 is 0. The molecule has 0 rings (SSSR count). The SMILES string of the molecule is CCCCCCCCCCCCCCCCCC=CC(=O)O.CCCCCCCCCCCCCCCCCC=CC(=O)O.CCCCCCCCCCCCCCCCCC=CC(=O)O.[Nd]. The van der Waals surface area contributed by atoms with Crippen molar-refractivity contribution in [2.45, 2.75) is 329 Å². The van der Waals surface area contributed by atoms with Gasteiger partial charge in [0, 0.05) is 59.1 Å². The predicted molar refractivity (Wildman–Crippen MR) is 289 cm³/mol. The molecule has 0 radical (unpaired) electrons. The molecule has 0 aromatic carbocycles. The summed E-state index contributed by atoms with van der Waals surface area (Å²) in [5.41, 5.74) is 0. The summed E-state index contributed by atoms with van der Waals surface area (Å²) in [7, 11) is 0. The van der Waals surface area contributed by atoms with E-state index >= 15 is 0 Å². The van der Waals surface area contributed by atoms with Gasteiger partial charge in [-0.2, -0.15) is 0 Å². The Bertz CT molecular complexity index is 911. The maximum atomic E-state index is 10.3. The monoisotopic (exact) mass is 1070 g/mol. The quantitative estimate of drug-likeness (QED) is 0.0413. The maximum Gasteiger partial charge on any atom is 0.327 e. The van der Waals surface area contributed by atoms with Crippen molar-refractivity contribution in [3.8, 4) is 0 Å². The molecule has 0 aliphatic heterocycles. The van der Waals surface area contributed by atoms with E-state index in [1.54, 1.807) is 18.2 Å². The minimum absolute atomic E-state index is 0. The number of unbranched alkanes of at least 4 members (excludes halogenated alkanes) is 45. The van der Waals surface area contributed by atoms with E-state index in [9.17, 15) is 14.4 Å². The van der Waals surface area contributed by atoms with Crippen LogP contribution in [0.1, 0.15) is 329 Å². The van der Waals surface area contributed by atoms with Gasteiger partial charge in [0.15, 0.2) is 0 Å². The topological polar surface area (TPSA) is 112 Å². The summed E-state index contributed by atoms with van der Waals surface area (Å²) < 4.78 is 0. The molecule has 3 N–H and O–H groups in total. The standard InChI is InChI=1S/3C20H38O2.Nd/c3*1-2-3-4-5-6-7-8-9-10-11-12-13-14-15-16-17-18-19-20(21)22;/h3*18-19H,2-17H2,1H3,(H,21,22);. The van der Waals surface area contributed by atoms with Crippen molar-refractivity contribution in [2.24, 2.45) is 0 Å². The van der Waals surface area contributed by atoms with Gasteiger partial charge in [-0.1, -0.05) is 309 Å². The van der Waals surface area contributed by atoms with Gasteiger partial charge in [0.1, 0.15) is 0 Å². The Morgan fingerprint density at radius 1 is 0.239 bits per heavy atom. The van der Waals surface area contributed by atoms with E-state index in [1.807, 2.05) is 0 Å². The Morgan fingerprint density at radius 2 is 0.358 bits per heavy atom. The smallest absolute Gasteiger partial charge is 0.327 e. The molecular formula is C60H114NdO6. The second kappa shape index (κ2) is 69.2. The third-order valence-electron chi connectivity index (χ3n) is 12.7. The minimum atomic E-state index is -0.832. The van der Waals surface area contributed by atoms with Gasteiger partial charge in [-0.15, -0.1) is 0 Å². The Morgan fingerprint density at radius 3 is 0.478 bits per heavy atom. The average molecular weight is 1080 g/mol. The second-order valence-electron chi connectivity index (χ2n) is 19.4. The number of carboxylic acids is 3. The van der Waals surface area contributed by atoms with Crippen LogP contribution in [0.5, 0.6) is 0 Å². The summed E-state index contributed by atoms with van der Waals surface area (Å²) in [6.45, 7) is 6.82.